The van der Waals surface area contributed by atoms with Crippen LogP contribution in [-0.2, 0) is 0 Å². The predicted octanol–water partition coefficient (Wildman–Crippen LogP) is 4.78. The monoisotopic (exact) mass is 324 g/mol. The Morgan fingerprint density at radius 2 is 2.06 bits per heavy atom. The van der Waals surface area contributed by atoms with E-state index >= 15 is 0 Å². The minimum absolute atomic E-state index is 0.0793. The number of hydrogen-bond acceptors (Lipinski definition) is 1. The van der Waals surface area contributed by atoms with Crippen LogP contribution in [0, 0.1) is 5.82 Å². The van der Waals surface area contributed by atoms with Crippen molar-refractivity contribution in [3.63, 3.8) is 0 Å². The van der Waals surface area contributed by atoms with Gasteiger partial charge in [-0.25, -0.2) is 9.37 Å². The van der Waals surface area contributed by atoms with Crippen LogP contribution < -0.4 is 0 Å². The van der Waals surface area contributed by atoms with Crippen LogP contribution in [0.4, 0.5) is 4.39 Å². The van der Waals surface area contributed by atoms with Gasteiger partial charge in [-0.2, -0.15) is 0 Å². The molecule has 0 aliphatic carbocycles. The smallest absolute Gasteiger partial charge is 0.142 e. The van der Waals surface area contributed by atoms with Gasteiger partial charge in [-0.3, -0.25) is 0 Å². The van der Waals surface area contributed by atoms with Gasteiger partial charge in [-0.1, -0.05) is 33.6 Å². The molecule has 0 spiro atoms. The minimum Gasteiger partial charge on any atom is -0.338 e. The third-order valence-corrected chi connectivity index (χ3v) is 3.53. The number of imidazole rings is 1. The molecule has 0 amide bonds. The molecule has 0 fully saturated rings. The Bertz CT molecular complexity index is 739. The van der Waals surface area contributed by atoms with Gasteiger partial charge in [-0.15, -0.1) is 0 Å². The molecule has 0 bridgehead atoms. The Morgan fingerprint density at radius 3 is 2.89 bits per heavy atom. The van der Waals surface area contributed by atoms with E-state index in [1.807, 2.05) is 18.2 Å². The Balaban J connectivity index is 2.22. The number of hydrogen-bond donors (Lipinski definition) is 1. The minimum atomic E-state index is -0.448. The molecule has 18 heavy (non-hydrogen) atoms. The van der Waals surface area contributed by atoms with Crippen LogP contribution >= 0.6 is 27.5 Å². The molecule has 2 nitrogen and oxygen atoms in total. The fourth-order valence-electron chi connectivity index (χ4n) is 1.80. The number of nitrogens with one attached hydrogen (secondary N) is 1. The molecule has 90 valence electrons. The topological polar surface area (TPSA) is 28.7 Å². The summed E-state index contributed by atoms with van der Waals surface area (Å²) in [6.07, 6.45) is 0. The fraction of sp³-hybridized carbons (Fsp3) is 0. The first-order valence-electron chi connectivity index (χ1n) is 5.25. The highest BCUT2D eigenvalue weighted by Gasteiger charge is 2.11. The quantitative estimate of drug-likeness (QED) is 0.685. The highest BCUT2D eigenvalue weighted by molar-refractivity contribution is 9.10. The van der Waals surface area contributed by atoms with Crippen molar-refractivity contribution in [3.8, 4) is 11.4 Å². The SMILES string of the molecule is Fc1cccc(-c2nc3ccc(Br)cc3[nH]2)c1Cl. The number of halogens is 3. The first-order valence-corrected chi connectivity index (χ1v) is 6.42. The molecule has 0 aliphatic heterocycles. The summed E-state index contributed by atoms with van der Waals surface area (Å²) < 4.78 is 14.4. The highest BCUT2D eigenvalue weighted by Crippen LogP contribution is 2.29. The van der Waals surface area contributed by atoms with Gasteiger partial charge in [0.25, 0.3) is 0 Å². The number of H-pyrrole nitrogens is 1. The fourth-order valence-corrected chi connectivity index (χ4v) is 2.37. The lowest BCUT2D eigenvalue weighted by Gasteiger charge is -2.00. The van der Waals surface area contributed by atoms with Crippen LogP contribution in [-0.4, -0.2) is 9.97 Å². The Hall–Kier alpha value is -1.39. The van der Waals surface area contributed by atoms with Crippen LogP contribution in [0.15, 0.2) is 40.9 Å². The molecule has 3 aromatic rings. The van der Waals surface area contributed by atoms with Gasteiger partial charge < -0.3 is 4.98 Å². The molecular formula is C13H7BrClFN2. The second kappa shape index (κ2) is 4.37. The molecule has 2 aromatic carbocycles. The molecule has 0 aliphatic rings. The number of nitrogens with zero attached hydrogens (tertiary/aromatic N) is 1. The average Bonchev–Trinajstić information content (AvgIpc) is 2.75. The predicted molar refractivity (Wildman–Crippen MR) is 74.2 cm³/mol. The third kappa shape index (κ3) is 1.91. The van der Waals surface area contributed by atoms with E-state index in [2.05, 4.69) is 25.9 Å². The van der Waals surface area contributed by atoms with Crippen molar-refractivity contribution in [2.75, 3.05) is 0 Å². The average molecular weight is 326 g/mol. The Kier molecular flexibility index (Phi) is 2.84. The number of fused-ring (bicyclic) bond motifs is 1. The summed E-state index contributed by atoms with van der Waals surface area (Å²) in [5.41, 5.74) is 2.25. The van der Waals surface area contributed by atoms with E-state index in [0.29, 0.717) is 11.4 Å². The van der Waals surface area contributed by atoms with Crippen molar-refractivity contribution in [2.24, 2.45) is 0 Å². The Morgan fingerprint density at radius 1 is 1.22 bits per heavy atom. The van der Waals surface area contributed by atoms with Crippen molar-refractivity contribution in [2.45, 2.75) is 0 Å². The second-order valence-corrected chi connectivity index (χ2v) is 5.14. The molecule has 0 atom stereocenters. The summed E-state index contributed by atoms with van der Waals surface area (Å²) in [6.45, 7) is 0. The summed E-state index contributed by atoms with van der Waals surface area (Å²) >= 11 is 9.33. The zero-order valence-electron chi connectivity index (χ0n) is 9.05. The van der Waals surface area contributed by atoms with Crippen LogP contribution in [0.3, 0.4) is 0 Å². The lowest BCUT2D eigenvalue weighted by Crippen LogP contribution is -1.85. The van der Waals surface area contributed by atoms with Gasteiger partial charge in [0.1, 0.15) is 11.6 Å². The summed E-state index contributed by atoms with van der Waals surface area (Å²) in [5.74, 6) is 0.114. The molecule has 3 rings (SSSR count). The molecule has 1 aromatic heterocycles. The number of rotatable bonds is 1. The second-order valence-electron chi connectivity index (χ2n) is 3.85. The van der Waals surface area contributed by atoms with E-state index in [1.165, 1.54) is 6.07 Å². The van der Waals surface area contributed by atoms with E-state index in [0.717, 1.165) is 15.5 Å². The van der Waals surface area contributed by atoms with Crippen LogP contribution in [0.2, 0.25) is 5.02 Å². The van der Waals surface area contributed by atoms with Gasteiger partial charge in [0.2, 0.25) is 0 Å². The summed E-state index contributed by atoms with van der Waals surface area (Å²) in [5, 5.41) is 0.0793. The van der Waals surface area contributed by atoms with Gasteiger partial charge in [0.15, 0.2) is 0 Å². The summed E-state index contributed by atoms with van der Waals surface area (Å²) in [6, 6.07) is 10.4. The first-order chi connectivity index (χ1) is 8.65. The molecule has 0 unspecified atom stereocenters. The van der Waals surface area contributed by atoms with Crippen molar-refractivity contribution >= 4 is 38.6 Å². The molecule has 0 saturated heterocycles. The van der Waals surface area contributed by atoms with Crippen molar-refractivity contribution in [1.82, 2.24) is 9.97 Å². The van der Waals surface area contributed by atoms with Gasteiger partial charge in [-0.05, 0) is 30.3 Å². The van der Waals surface area contributed by atoms with Crippen LogP contribution in [0.1, 0.15) is 0 Å². The van der Waals surface area contributed by atoms with Crippen LogP contribution in [0.25, 0.3) is 22.4 Å². The largest absolute Gasteiger partial charge is 0.338 e. The lowest BCUT2D eigenvalue weighted by molar-refractivity contribution is 0.628. The molecular weight excluding hydrogens is 319 g/mol. The summed E-state index contributed by atoms with van der Waals surface area (Å²) in [7, 11) is 0. The highest BCUT2D eigenvalue weighted by atomic mass is 79.9. The number of aromatic amines is 1. The first kappa shape index (κ1) is 11.7. The van der Waals surface area contributed by atoms with Gasteiger partial charge in [0, 0.05) is 10.0 Å². The third-order valence-electron chi connectivity index (χ3n) is 2.65. The van der Waals surface area contributed by atoms with Gasteiger partial charge in [0.05, 0.1) is 16.1 Å². The Labute approximate surface area is 116 Å². The maximum atomic E-state index is 13.4. The summed E-state index contributed by atoms with van der Waals surface area (Å²) in [4.78, 5) is 7.53. The van der Waals surface area contributed by atoms with Gasteiger partial charge >= 0.3 is 0 Å². The molecule has 1 heterocycles. The van der Waals surface area contributed by atoms with E-state index < -0.39 is 5.82 Å². The van der Waals surface area contributed by atoms with Crippen molar-refractivity contribution in [1.29, 1.82) is 0 Å². The molecule has 0 saturated carbocycles. The lowest BCUT2D eigenvalue weighted by atomic mass is 10.2. The van der Waals surface area contributed by atoms with Crippen molar-refractivity contribution < 1.29 is 4.39 Å². The van der Waals surface area contributed by atoms with E-state index in [4.69, 9.17) is 11.6 Å². The number of benzene rings is 2. The maximum Gasteiger partial charge on any atom is 0.142 e. The molecule has 1 N–H and O–H groups in total. The molecule has 0 radical (unpaired) electrons. The normalized spacial score (nSPS) is 11.1. The van der Waals surface area contributed by atoms with Crippen LogP contribution in [0.5, 0.6) is 0 Å². The van der Waals surface area contributed by atoms with E-state index in [-0.39, 0.29) is 5.02 Å². The molecule has 5 heteroatoms. The zero-order valence-corrected chi connectivity index (χ0v) is 11.4. The van der Waals surface area contributed by atoms with E-state index in [9.17, 15) is 4.39 Å². The maximum absolute atomic E-state index is 13.4. The standard InChI is InChI=1S/C13H7BrClFN2/c14-7-4-5-10-11(6-7)18-13(17-10)8-2-1-3-9(16)12(8)15/h1-6H,(H,17,18). The number of aromatic nitrogens is 2. The van der Waals surface area contributed by atoms with E-state index in [1.54, 1.807) is 12.1 Å². The van der Waals surface area contributed by atoms with Crippen molar-refractivity contribution in [3.05, 3.63) is 51.7 Å². The zero-order chi connectivity index (χ0) is 12.7.